The summed E-state index contributed by atoms with van der Waals surface area (Å²) in [5.41, 5.74) is 0.856. The van der Waals surface area contributed by atoms with Crippen molar-refractivity contribution >= 4 is 11.6 Å². The van der Waals surface area contributed by atoms with Crippen molar-refractivity contribution in [3.05, 3.63) is 104 Å². The number of nitro benzene ring substituents is 1. The van der Waals surface area contributed by atoms with E-state index in [4.69, 9.17) is 0 Å². The van der Waals surface area contributed by atoms with Crippen molar-refractivity contribution in [2.75, 3.05) is 11.7 Å². The van der Waals surface area contributed by atoms with Gasteiger partial charge in [0.15, 0.2) is 11.4 Å². The second kappa shape index (κ2) is 8.18. The molecule has 0 saturated carbocycles. The van der Waals surface area contributed by atoms with E-state index in [1.165, 1.54) is 29.1 Å². The lowest BCUT2D eigenvalue weighted by Crippen LogP contribution is -2.57. The van der Waals surface area contributed by atoms with Crippen LogP contribution in [-0.4, -0.2) is 38.2 Å². The molecule has 0 spiro atoms. The maximum Gasteiger partial charge on any atom is 0.278 e. The first-order valence-corrected chi connectivity index (χ1v) is 10.1. The third-order valence-electron chi connectivity index (χ3n) is 5.55. The van der Waals surface area contributed by atoms with Crippen LogP contribution in [0.2, 0.25) is 0 Å². The minimum atomic E-state index is -0.637. The van der Waals surface area contributed by atoms with Crippen molar-refractivity contribution in [1.29, 1.82) is 0 Å². The molecule has 0 radical (unpaired) electrons. The molecule has 1 aromatic heterocycles. The maximum atomic E-state index is 13.1. The molecule has 1 amide bonds. The first kappa shape index (κ1) is 21.1. The second-order valence-corrected chi connectivity index (χ2v) is 7.83. The van der Waals surface area contributed by atoms with Crippen LogP contribution in [0.4, 0.5) is 5.69 Å². The van der Waals surface area contributed by atoms with Crippen LogP contribution in [0.25, 0.3) is 0 Å². The summed E-state index contributed by atoms with van der Waals surface area (Å²) in [6, 6.07) is 16.3. The highest BCUT2D eigenvalue weighted by molar-refractivity contribution is 5.96. The van der Waals surface area contributed by atoms with Crippen LogP contribution in [-0.2, 0) is 0 Å². The lowest BCUT2D eigenvalue weighted by molar-refractivity contribution is -0.384. The van der Waals surface area contributed by atoms with Gasteiger partial charge in [-0.2, -0.15) is 0 Å². The van der Waals surface area contributed by atoms with Crippen LogP contribution in [0.3, 0.4) is 0 Å². The predicted octanol–water partition coefficient (Wildman–Crippen LogP) is 3.01. The lowest BCUT2D eigenvalue weighted by atomic mass is 9.97. The van der Waals surface area contributed by atoms with Gasteiger partial charge in [-0.1, -0.05) is 30.3 Å². The van der Waals surface area contributed by atoms with Crippen LogP contribution in [0.5, 0.6) is 5.75 Å². The number of rotatable bonds is 5. The van der Waals surface area contributed by atoms with Gasteiger partial charge in [0.2, 0.25) is 5.43 Å². The second-order valence-electron chi connectivity index (χ2n) is 7.83. The molecule has 0 bridgehead atoms. The summed E-state index contributed by atoms with van der Waals surface area (Å²) in [6.07, 6.45) is 1.47. The molecule has 1 unspecified atom stereocenters. The molecule has 9 heteroatoms. The molecule has 0 fully saturated rings. The minimum absolute atomic E-state index is 0.0279. The van der Waals surface area contributed by atoms with Crippen molar-refractivity contribution in [3.8, 4) is 5.75 Å². The fourth-order valence-corrected chi connectivity index (χ4v) is 3.91. The van der Waals surface area contributed by atoms with Gasteiger partial charge in [0.05, 0.1) is 11.0 Å². The Morgan fingerprint density at radius 2 is 1.59 bits per heavy atom. The third kappa shape index (κ3) is 3.58. The van der Waals surface area contributed by atoms with E-state index in [-0.39, 0.29) is 24.1 Å². The Kier molecular flexibility index (Phi) is 5.40. The maximum absolute atomic E-state index is 13.1. The molecule has 164 valence electrons. The van der Waals surface area contributed by atoms with Gasteiger partial charge in [0.1, 0.15) is 6.67 Å². The van der Waals surface area contributed by atoms with Crippen LogP contribution >= 0.6 is 0 Å². The molecule has 1 atom stereocenters. The van der Waals surface area contributed by atoms with Gasteiger partial charge in [-0.3, -0.25) is 29.4 Å². The monoisotopic (exact) mass is 434 g/mol. The topological polar surface area (TPSA) is 109 Å². The molecule has 1 N–H and O–H groups in total. The van der Waals surface area contributed by atoms with Crippen LogP contribution in [0, 0.1) is 10.1 Å². The Bertz CT molecular complexity index is 1220. The number of pyridine rings is 1. The summed E-state index contributed by atoms with van der Waals surface area (Å²) in [5.74, 6) is -1.05. The van der Waals surface area contributed by atoms with Gasteiger partial charge < -0.3 is 10.0 Å². The smallest absolute Gasteiger partial charge is 0.278 e. The highest BCUT2D eigenvalue weighted by Crippen LogP contribution is 2.33. The Morgan fingerprint density at radius 3 is 2.19 bits per heavy atom. The highest BCUT2D eigenvalue weighted by Gasteiger charge is 2.37. The number of nitrogens with zero attached hydrogens (tertiary/aromatic N) is 4. The predicted molar refractivity (Wildman–Crippen MR) is 118 cm³/mol. The molecule has 9 nitrogen and oxygen atoms in total. The van der Waals surface area contributed by atoms with Gasteiger partial charge in [-0.25, -0.2) is 0 Å². The molecular weight excluding hydrogens is 412 g/mol. The normalized spacial score (nSPS) is 14.4. The zero-order chi connectivity index (χ0) is 23.0. The number of benzene rings is 2. The van der Waals surface area contributed by atoms with E-state index in [1.54, 1.807) is 17.0 Å². The Morgan fingerprint density at radius 1 is 0.969 bits per heavy atom. The van der Waals surface area contributed by atoms with Crippen molar-refractivity contribution in [3.63, 3.8) is 0 Å². The van der Waals surface area contributed by atoms with Crippen molar-refractivity contribution in [1.82, 2.24) is 9.58 Å². The summed E-state index contributed by atoms with van der Waals surface area (Å²) in [4.78, 5) is 37.4. The summed E-state index contributed by atoms with van der Waals surface area (Å²) in [5, 5.41) is 23.5. The first-order valence-electron chi connectivity index (χ1n) is 10.1. The van der Waals surface area contributed by atoms with E-state index in [9.17, 15) is 24.8 Å². The van der Waals surface area contributed by atoms with E-state index in [1.807, 2.05) is 49.2 Å². The van der Waals surface area contributed by atoms with E-state index >= 15 is 0 Å². The average molecular weight is 434 g/mol. The molecule has 2 heterocycles. The van der Waals surface area contributed by atoms with E-state index in [0.717, 1.165) is 11.1 Å². The summed E-state index contributed by atoms with van der Waals surface area (Å²) in [6.45, 7) is 3.89. The number of hydrogen-bond acceptors (Lipinski definition) is 6. The van der Waals surface area contributed by atoms with Gasteiger partial charge in [0.25, 0.3) is 11.6 Å². The fraction of sp³-hybridized carbons (Fsp3) is 0.217. The van der Waals surface area contributed by atoms with Crippen molar-refractivity contribution < 1.29 is 14.8 Å². The standard InChI is InChI=1S/C23H22N4O5/c1-15(2)24-14-26(25-13-12-19(28)22(29)21(25)23(24)30)20(16-6-4-3-5-7-16)17-8-10-18(11-9-17)27(31)32/h3-13,15,20,29H,14H2,1-2H3. The number of aromatic nitrogens is 1. The van der Waals surface area contributed by atoms with Gasteiger partial charge >= 0.3 is 0 Å². The third-order valence-corrected chi connectivity index (χ3v) is 5.55. The van der Waals surface area contributed by atoms with Crippen LogP contribution in [0.1, 0.15) is 41.5 Å². The summed E-state index contributed by atoms with van der Waals surface area (Å²) >= 11 is 0. The first-order chi connectivity index (χ1) is 15.3. The molecule has 32 heavy (non-hydrogen) atoms. The Hall–Kier alpha value is -4.14. The number of carbonyl (C=O) groups excluding carboxylic acids is 1. The average Bonchev–Trinajstić information content (AvgIpc) is 2.78. The van der Waals surface area contributed by atoms with Crippen LogP contribution in [0.15, 0.2) is 71.7 Å². The van der Waals surface area contributed by atoms with E-state index in [2.05, 4.69) is 0 Å². The SMILES string of the molecule is CC(C)N1CN(C(c2ccccc2)c2ccc([N+](=O)[O-])cc2)n2ccc(=O)c(O)c2C1=O. The molecule has 1 aliphatic heterocycles. The van der Waals surface area contributed by atoms with E-state index in [0.29, 0.717) is 0 Å². The Labute approximate surface area is 183 Å². The zero-order valence-electron chi connectivity index (χ0n) is 17.6. The molecule has 2 aromatic carbocycles. The molecule has 3 aromatic rings. The summed E-state index contributed by atoms with van der Waals surface area (Å²) < 4.78 is 1.50. The van der Waals surface area contributed by atoms with Gasteiger partial charge in [-0.05, 0) is 37.1 Å². The molecular formula is C23H22N4O5. The number of carbonyl (C=O) groups is 1. The molecule has 0 saturated heterocycles. The van der Waals surface area contributed by atoms with Crippen molar-refractivity contribution in [2.24, 2.45) is 0 Å². The highest BCUT2D eigenvalue weighted by atomic mass is 16.6. The lowest BCUT2D eigenvalue weighted by Gasteiger charge is -2.45. The quantitative estimate of drug-likeness (QED) is 0.488. The molecule has 1 aliphatic rings. The minimum Gasteiger partial charge on any atom is -0.502 e. The molecule has 4 rings (SSSR count). The summed E-state index contributed by atoms with van der Waals surface area (Å²) in [7, 11) is 0. The van der Waals surface area contributed by atoms with Crippen LogP contribution < -0.4 is 10.4 Å². The van der Waals surface area contributed by atoms with Crippen molar-refractivity contribution in [2.45, 2.75) is 25.9 Å². The number of amides is 1. The largest absolute Gasteiger partial charge is 0.502 e. The number of non-ortho nitro benzene ring substituents is 1. The fourth-order valence-electron chi connectivity index (χ4n) is 3.91. The number of fused-ring (bicyclic) bond motifs is 1. The molecule has 0 aliphatic carbocycles. The Balaban J connectivity index is 1.93. The number of hydrogen-bond donors (Lipinski definition) is 1. The number of aromatic hydroxyl groups is 1. The zero-order valence-corrected chi connectivity index (χ0v) is 17.6. The number of nitro groups is 1. The van der Waals surface area contributed by atoms with Gasteiger partial charge in [0, 0.05) is 30.4 Å². The van der Waals surface area contributed by atoms with Gasteiger partial charge in [-0.15, -0.1) is 0 Å². The van der Waals surface area contributed by atoms with E-state index < -0.39 is 28.1 Å².